The second-order valence-corrected chi connectivity index (χ2v) is 14.1. The fraction of sp³-hybridized carbons (Fsp3) is 0.441. The van der Waals surface area contributed by atoms with Crippen molar-refractivity contribution in [1.29, 1.82) is 0 Å². The summed E-state index contributed by atoms with van der Waals surface area (Å²) in [5, 5.41) is 11.2. The summed E-state index contributed by atoms with van der Waals surface area (Å²) in [6.07, 6.45) is 6.02. The molecule has 6 atom stereocenters. The van der Waals surface area contributed by atoms with E-state index >= 15 is 4.79 Å². The summed E-state index contributed by atoms with van der Waals surface area (Å²) in [5.41, 5.74) is 2.08. The molecule has 3 aliphatic heterocycles. The Labute approximate surface area is 262 Å². The number of ether oxygens (including phenoxy) is 1. The van der Waals surface area contributed by atoms with E-state index in [1.54, 1.807) is 39.8 Å². The number of unbranched alkanes of at least 4 members (excludes halogenated alkanes) is 1. The molecule has 5 rings (SSSR count). The number of para-hydroxylation sites is 1. The Kier molecular flexibility index (Phi) is 9.12. The van der Waals surface area contributed by atoms with Crippen LogP contribution < -0.4 is 4.90 Å². The summed E-state index contributed by atoms with van der Waals surface area (Å²) in [6, 6.07) is 13.0. The van der Waals surface area contributed by atoms with E-state index in [0.717, 1.165) is 12.0 Å². The number of benzene rings is 2. The molecule has 2 aromatic carbocycles. The molecule has 228 valence electrons. The zero-order valence-electron chi connectivity index (χ0n) is 24.7. The summed E-state index contributed by atoms with van der Waals surface area (Å²) in [6.45, 7) is 11.6. The molecule has 1 spiro atoms. The number of hydrogen-bond donors (Lipinski definition) is 1. The topological polar surface area (TPSA) is 87.1 Å². The van der Waals surface area contributed by atoms with Gasteiger partial charge in [0.1, 0.15) is 6.04 Å². The number of aryl methyl sites for hydroxylation is 1. The van der Waals surface area contributed by atoms with Gasteiger partial charge in [-0.2, -0.15) is 0 Å². The van der Waals surface area contributed by atoms with Crippen LogP contribution in [0.25, 0.3) is 0 Å². The first-order valence-corrected chi connectivity index (χ1v) is 16.0. The molecule has 0 aliphatic carbocycles. The van der Waals surface area contributed by atoms with Gasteiger partial charge in [-0.1, -0.05) is 66.2 Å². The molecule has 7 nitrogen and oxygen atoms in total. The normalized spacial score (nSPS) is 28.0. The van der Waals surface area contributed by atoms with Gasteiger partial charge in [-0.25, -0.2) is 0 Å². The molecule has 2 aromatic rings. The Balaban J connectivity index is 1.64. The molecule has 2 bridgehead atoms. The average molecular weight is 623 g/mol. The van der Waals surface area contributed by atoms with E-state index in [-0.39, 0.29) is 31.6 Å². The van der Waals surface area contributed by atoms with Gasteiger partial charge in [0.25, 0.3) is 5.91 Å². The average Bonchev–Trinajstić information content (AvgIpc) is 3.56. The van der Waals surface area contributed by atoms with E-state index in [9.17, 15) is 14.7 Å². The summed E-state index contributed by atoms with van der Waals surface area (Å²) in [5.74, 6) is -2.50. The highest BCUT2D eigenvalue weighted by Crippen LogP contribution is 2.72. The number of esters is 1. The largest absolute Gasteiger partial charge is 0.465 e. The van der Waals surface area contributed by atoms with Crippen LogP contribution in [-0.2, 0) is 19.1 Å². The van der Waals surface area contributed by atoms with Crippen LogP contribution >= 0.6 is 23.4 Å². The second-order valence-electron chi connectivity index (χ2n) is 11.8. The molecule has 43 heavy (non-hydrogen) atoms. The summed E-state index contributed by atoms with van der Waals surface area (Å²) >= 11 is 8.26. The number of nitrogens with zero attached hydrogens (tertiary/aromatic N) is 2. The van der Waals surface area contributed by atoms with Crippen LogP contribution in [0, 0.1) is 18.8 Å². The third-order valence-electron chi connectivity index (χ3n) is 9.23. The highest BCUT2D eigenvalue weighted by molar-refractivity contribution is 8.02. The smallest absolute Gasteiger partial charge is 0.311 e. The Morgan fingerprint density at radius 2 is 1.93 bits per heavy atom. The van der Waals surface area contributed by atoms with Gasteiger partial charge >= 0.3 is 5.97 Å². The highest BCUT2D eigenvalue weighted by atomic mass is 35.5. The number of fused-ring (bicyclic) bond motifs is 1. The lowest BCUT2D eigenvalue weighted by molar-refractivity contribution is -0.156. The van der Waals surface area contributed by atoms with Crippen molar-refractivity contribution in [3.8, 4) is 0 Å². The van der Waals surface area contributed by atoms with Crippen LogP contribution in [0.3, 0.4) is 0 Å². The van der Waals surface area contributed by atoms with Gasteiger partial charge in [0.05, 0.1) is 46.5 Å². The number of rotatable bonds is 12. The van der Waals surface area contributed by atoms with Crippen LogP contribution in [0.15, 0.2) is 73.8 Å². The standard InChI is InChI=1S/C34H39ClN2O5S/c1-5-7-11-20-42-32(41)27-26-30(39)37(25(21-38)23-14-9-8-10-15-23)29(34(26)18-17-33(27,4)43-34)31(40)36(19-6-2)28-22(3)13-12-16-24(28)35/h5-6,8-10,12-16,25-27,29,38H,1-2,7,11,17-21H2,3-4H3/t25-,26+,27+,29?,33-,34?/m1/s1. The minimum absolute atomic E-state index is 0.175. The molecule has 0 aromatic heterocycles. The Morgan fingerprint density at radius 1 is 1.19 bits per heavy atom. The van der Waals surface area contributed by atoms with Crippen LogP contribution in [0.5, 0.6) is 0 Å². The van der Waals surface area contributed by atoms with E-state index in [2.05, 4.69) is 13.2 Å². The number of halogens is 1. The van der Waals surface area contributed by atoms with Crippen LogP contribution in [0.4, 0.5) is 5.69 Å². The fourth-order valence-corrected chi connectivity index (χ4v) is 10.0. The van der Waals surface area contributed by atoms with E-state index in [1.807, 2.05) is 56.3 Å². The highest BCUT2D eigenvalue weighted by Gasteiger charge is 2.78. The van der Waals surface area contributed by atoms with Gasteiger partial charge in [-0.05, 0) is 56.7 Å². The Hall–Kier alpha value is -3.07. The van der Waals surface area contributed by atoms with Gasteiger partial charge in [-0.3, -0.25) is 14.4 Å². The first-order valence-electron chi connectivity index (χ1n) is 14.8. The van der Waals surface area contributed by atoms with Crippen molar-refractivity contribution < 1.29 is 24.2 Å². The predicted molar refractivity (Wildman–Crippen MR) is 171 cm³/mol. The number of carbonyl (C=O) groups is 3. The number of thioether (sulfide) groups is 1. The lowest BCUT2D eigenvalue weighted by Crippen LogP contribution is -2.56. The van der Waals surface area contributed by atoms with E-state index < -0.39 is 39.4 Å². The first kappa shape index (κ1) is 31.4. The summed E-state index contributed by atoms with van der Waals surface area (Å²) < 4.78 is 4.29. The number of amides is 2. The summed E-state index contributed by atoms with van der Waals surface area (Å²) in [7, 11) is 0. The lowest BCUT2D eigenvalue weighted by Gasteiger charge is -2.40. The zero-order valence-corrected chi connectivity index (χ0v) is 26.3. The van der Waals surface area contributed by atoms with E-state index in [4.69, 9.17) is 16.3 Å². The molecule has 0 saturated carbocycles. The van der Waals surface area contributed by atoms with Crippen molar-refractivity contribution >= 4 is 46.8 Å². The molecule has 3 saturated heterocycles. The number of hydrogen-bond acceptors (Lipinski definition) is 6. The molecule has 9 heteroatoms. The maximum Gasteiger partial charge on any atom is 0.311 e. The van der Waals surface area contributed by atoms with E-state index in [0.29, 0.717) is 35.5 Å². The molecule has 2 unspecified atom stereocenters. The molecular formula is C34H39ClN2O5S. The molecule has 3 aliphatic rings. The maximum atomic E-state index is 15.0. The third-order valence-corrected chi connectivity index (χ3v) is 11.5. The van der Waals surface area contributed by atoms with Crippen molar-refractivity contribution in [2.45, 2.75) is 61.1 Å². The second kappa shape index (κ2) is 12.5. The van der Waals surface area contributed by atoms with Crippen molar-refractivity contribution in [2.24, 2.45) is 11.8 Å². The minimum Gasteiger partial charge on any atom is -0.465 e. The Bertz CT molecular complexity index is 1400. The summed E-state index contributed by atoms with van der Waals surface area (Å²) in [4.78, 5) is 46.6. The molecule has 2 amide bonds. The number of anilines is 1. The third kappa shape index (κ3) is 5.21. The number of aliphatic hydroxyl groups is 1. The quantitative estimate of drug-likeness (QED) is 0.180. The number of likely N-dealkylation sites (tertiary alicyclic amines) is 1. The predicted octanol–water partition coefficient (Wildman–Crippen LogP) is 5.89. The molecule has 0 radical (unpaired) electrons. The maximum absolute atomic E-state index is 15.0. The zero-order chi connectivity index (χ0) is 30.9. The lowest BCUT2D eigenvalue weighted by atomic mass is 9.66. The van der Waals surface area contributed by atoms with Crippen molar-refractivity contribution in [3.05, 3.63) is 90.0 Å². The first-order chi connectivity index (χ1) is 20.6. The SMILES string of the molecule is C=CCCCOC(=O)[C@@H]1[C@H]2C(=O)N([C@H](CO)c3ccccc3)C(C(=O)N(CC=C)c3c(C)cccc3Cl)C23CC[C@@]1(C)S3. The van der Waals surface area contributed by atoms with Gasteiger partial charge in [0, 0.05) is 11.3 Å². The van der Waals surface area contributed by atoms with Gasteiger partial charge in [-0.15, -0.1) is 24.9 Å². The van der Waals surface area contributed by atoms with Gasteiger partial charge < -0.3 is 19.6 Å². The van der Waals surface area contributed by atoms with Crippen molar-refractivity contribution in [1.82, 2.24) is 4.90 Å². The van der Waals surface area contributed by atoms with Gasteiger partial charge in [0.2, 0.25) is 5.91 Å². The number of aliphatic hydroxyl groups excluding tert-OH is 1. The molecule has 1 N–H and O–H groups in total. The minimum atomic E-state index is -0.955. The Morgan fingerprint density at radius 3 is 2.58 bits per heavy atom. The molecule has 3 heterocycles. The van der Waals surface area contributed by atoms with Crippen molar-refractivity contribution in [3.63, 3.8) is 0 Å². The number of allylic oxidation sites excluding steroid dienone is 1. The number of carbonyl (C=O) groups excluding carboxylic acids is 3. The van der Waals surface area contributed by atoms with Gasteiger partial charge in [0.15, 0.2) is 0 Å². The fourth-order valence-electron chi connectivity index (χ4n) is 7.39. The van der Waals surface area contributed by atoms with Crippen LogP contribution in [0.2, 0.25) is 5.02 Å². The molecule has 3 fully saturated rings. The van der Waals surface area contributed by atoms with E-state index in [1.165, 1.54) is 0 Å². The van der Waals surface area contributed by atoms with Crippen LogP contribution in [-0.4, -0.2) is 63.1 Å². The molecular weight excluding hydrogens is 584 g/mol. The van der Waals surface area contributed by atoms with Crippen LogP contribution in [0.1, 0.15) is 49.8 Å². The van der Waals surface area contributed by atoms with Crippen molar-refractivity contribution in [2.75, 3.05) is 24.7 Å². The monoisotopic (exact) mass is 622 g/mol.